The number of carbonyl (C=O) groups excluding carboxylic acids is 1. The summed E-state index contributed by atoms with van der Waals surface area (Å²) in [4.78, 5) is 27.5. The highest BCUT2D eigenvalue weighted by Gasteiger charge is 2.23. The zero-order chi connectivity index (χ0) is 21.7. The van der Waals surface area contributed by atoms with Gasteiger partial charge in [-0.15, -0.1) is 0 Å². The van der Waals surface area contributed by atoms with Crippen molar-refractivity contribution >= 4 is 26.8 Å². The largest absolute Gasteiger partial charge is 0.352 e. The molecular weight excluding hydrogens is 406 g/mol. The Morgan fingerprint density at radius 1 is 1.23 bits per heavy atom. The lowest BCUT2D eigenvalue weighted by Gasteiger charge is -2.19. The number of benzene rings is 1. The Kier molecular flexibility index (Phi) is 6.68. The molecule has 10 heteroatoms. The smallest absolute Gasteiger partial charge is 0.252 e. The molecule has 3 rings (SSSR count). The minimum absolute atomic E-state index is 0.0819. The average molecular weight is 432 g/mol. The molecule has 0 saturated heterocycles. The van der Waals surface area contributed by atoms with Crippen LogP contribution in [0.2, 0.25) is 0 Å². The standard InChI is InChI=1S/C20H25N5O4S/c1-3-25(4-2)30(28,29)15-7-8-18-16(13-15)17(14-19(26)23-18)20(27)21-9-5-11-24-12-6-10-22-24/h6-8,10,12-14H,3-5,9,11H2,1-2H3,(H,21,27)(H,23,26). The van der Waals surface area contributed by atoms with Gasteiger partial charge in [-0.05, 0) is 30.7 Å². The van der Waals surface area contributed by atoms with Crippen LogP contribution in [0.15, 0.2) is 52.4 Å². The Morgan fingerprint density at radius 2 is 2.00 bits per heavy atom. The molecule has 0 saturated carbocycles. The Labute approximate surface area is 174 Å². The third-order valence-electron chi connectivity index (χ3n) is 4.81. The van der Waals surface area contributed by atoms with E-state index in [0.717, 1.165) is 0 Å². The summed E-state index contributed by atoms with van der Waals surface area (Å²) < 4.78 is 28.8. The van der Waals surface area contributed by atoms with Gasteiger partial charge in [0.25, 0.3) is 5.91 Å². The number of amides is 1. The number of pyridine rings is 1. The molecule has 0 fully saturated rings. The lowest BCUT2D eigenvalue weighted by molar-refractivity contribution is 0.0954. The maximum absolute atomic E-state index is 12.9. The van der Waals surface area contributed by atoms with Crippen molar-refractivity contribution in [3.8, 4) is 0 Å². The van der Waals surface area contributed by atoms with E-state index in [4.69, 9.17) is 0 Å². The van der Waals surface area contributed by atoms with Crippen molar-refractivity contribution in [1.29, 1.82) is 0 Å². The number of fused-ring (bicyclic) bond motifs is 1. The van der Waals surface area contributed by atoms with Crippen LogP contribution in [0.25, 0.3) is 10.9 Å². The van der Waals surface area contributed by atoms with E-state index in [-0.39, 0.29) is 10.5 Å². The highest BCUT2D eigenvalue weighted by atomic mass is 32.2. The average Bonchev–Trinajstić information content (AvgIpc) is 3.24. The number of aromatic amines is 1. The fourth-order valence-electron chi connectivity index (χ4n) is 3.26. The number of hydrogen-bond donors (Lipinski definition) is 2. The summed E-state index contributed by atoms with van der Waals surface area (Å²) in [6.07, 6.45) is 4.19. The Balaban J connectivity index is 1.87. The predicted molar refractivity (Wildman–Crippen MR) is 114 cm³/mol. The van der Waals surface area contributed by atoms with Crippen LogP contribution in [0.4, 0.5) is 0 Å². The molecule has 0 aliphatic carbocycles. The zero-order valence-electron chi connectivity index (χ0n) is 17.0. The minimum Gasteiger partial charge on any atom is -0.352 e. The van der Waals surface area contributed by atoms with Gasteiger partial charge in [0.15, 0.2) is 0 Å². The molecule has 9 nitrogen and oxygen atoms in total. The van der Waals surface area contributed by atoms with E-state index >= 15 is 0 Å². The van der Waals surface area contributed by atoms with Crippen molar-refractivity contribution in [2.75, 3.05) is 19.6 Å². The topological polar surface area (TPSA) is 117 Å². The first kappa shape index (κ1) is 21.7. The van der Waals surface area contributed by atoms with Gasteiger partial charge in [0, 0.05) is 55.5 Å². The van der Waals surface area contributed by atoms with Crippen molar-refractivity contribution in [2.45, 2.75) is 31.7 Å². The van der Waals surface area contributed by atoms with Gasteiger partial charge in [0.05, 0.1) is 10.5 Å². The normalized spacial score (nSPS) is 11.8. The molecule has 0 aliphatic rings. The summed E-state index contributed by atoms with van der Waals surface area (Å²) in [6.45, 7) is 5.25. The molecule has 1 aromatic carbocycles. The molecule has 160 valence electrons. The van der Waals surface area contributed by atoms with E-state index in [1.807, 2.05) is 12.3 Å². The van der Waals surface area contributed by atoms with Gasteiger partial charge < -0.3 is 10.3 Å². The molecule has 2 aromatic heterocycles. The minimum atomic E-state index is -3.69. The van der Waals surface area contributed by atoms with Crippen LogP contribution in [0.5, 0.6) is 0 Å². The SMILES string of the molecule is CCN(CC)S(=O)(=O)c1ccc2[nH]c(=O)cc(C(=O)NCCCn3cccn3)c2c1. The Bertz CT molecular complexity index is 1180. The number of nitrogens with one attached hydrogen (secondary N) is 2. The predicted octanol–water partition coefficient (Wildman–Crippen LogP) is 1.58. The van der Waals surface area contributed by atoms with Crippen LogP contribution < -0.4 is 10.9 Å². The van der Waals surface area contributed by atoms with Gasteiger partial charge in [0.1, 0.15) is 0 Å². The van der Waals surface area contributed by atoms with E-state index in [2.05, 4.69) is 15.4 Å². The van der Waals surface area contributed by atoms with E-state index in [9.17, 15) is 18.0 Å². The fraction of sp³-hybridized carbons (Fsp3) is 0.350. The van der Waals surface area contributed by atoms with Crippen LogP contribution in [0.1, 0.15) is 30.6 Å². The molecule has 0 bridgehead atoms. The lowest BCUT2D eigenvalue weighted by atomic mass is 10.1. The van der Waals surface area contributed by atoms with Crippen molar-refractivity contribution in [1.82, 2.24) is 24.4 Å². The van der Waals surface area contributed by atoms with Crippen molar-refractivity contribution < 1.29 is 13.2 Å². The van der Waals surface area contributed by atoms with Gasteiger partial charge in [0.2, 0.25) is 15.6 Å². The molecule has 0 atom stereocenters. The van der Waals surface area contributed by atoms with Crippen molar-refractivity contribution in [3.05, 3.63) is 58.6 Å². The number of H-pyrrole nitrogens is 1. The summed E-state index contributed by atoms with van der Waals surface area (Å²) in [5.41, 5.74) is 0.121. The number of sulfonamides is 1. The summed E-state index contributed by atoms with van der Waals surface area (Å²) in [5.74, 6) is -0.427. The second-order valence-electron chi connectivity index (χ2n) is 6.72. The number of aromatic nitrogens is 3. The van der Waals surface area contributed by atoms with Gasteiger partial charge in [-0.1, -0.05) is 13.8 Å². The second-order valence-corrected chi connectivity index (χ2v) is 8.66. The molecule has 30 heavy (non-hydrogen) atoms. The van der Waals surface area contributed by atoms with Crippen LogP contribution in [-0.4, -0.2) is 53.0 Å². The number of hydrogen-bond acceptors (Lipinski definition) is 5. The van der Waals surface area contributed by atoms with E-state index < -0.39 is 21.5 Å². The third kappa shape index (κ3) is 4.60. The van der Waals surface area contributed by atoms with Gasteiger partial charge in [-0.2, -0.15) is 9.40 Å². The van der Waals surface area contributed by atoms with Crippen LogP contribution in [0.3, 0.4) is 0 Å². The van der Waals surface area contributed by atoms with E-state index in [0.29, 0.717) is 43.5 Å². The summed E-state index contributed by atoms with van der Waals surface area (Å²) >= 11 is 0. The first-order valence-electron chi connectivity index (χ1n) is 9.79. The molecule has 0 aliphatic heterocycles. The molecule has 0 spiro atoms. The lowest BCUT2D eigenvalue weighted by Crippen LogP contribution is -2.30. The highest BCUT2D eigenvalue weighted by molar-refractivity contribution is 7.89. The van der Waals surface area contributed by atoms with E-state index in [1.165, 1.54) is 28.6 Å². The maximum atomic E-state index is 12.9. The summed E-state index contributed by atoms with van der Waals surface area (Å²) in [7, 11) is -3.69. The summed E-state index contributed by atoms with van der Waals surface area (Å²) in [5, 5.41) is 7.28. The maximum Gasteiger partial charge on any atom is 0.252 e. The van der Waals surface area contributed by atoms with Crippen molar-refractivity contribution in [2.24, 2.45) is 0 Å². The van der Waals surface area contributed by atoms with E-state index in [1.54, 1.807) is 24.7 Å². The zero-order valence-corrected chi connectivity index (χ0v) is 17.8. The number of nitrogens with zero attached hydrogens (tertiary/aromatic N) is 3. The number of carbonyl (C=O) groups is 1. The van der Waals surface area contributed by atoms with Gasteiger partial charge in [-0.3, -0.25) is 14.3 Å². The molecule has 0 unspecified atom stereocenters. The molecule has 0 radical (unpaired) electrons. The quantitative estimate of drug-likeness (QED) is 0.499. The Hall–Kier alpha value is -2.98. The molecule has 2 heterocycles. The van der Waals surface area contributed by atoms with Crippen molar-refractivity contribution in [3.63, 3.8) is 0 Å². The number of rotatable bonds is 9. The van der Waals surface area contributed by atoms with Crippen LogP contribution in [-0.2, 0) is 16.6 Å². The fourth-order valence-corrected chi connectivity index (χ4v) is 4.75. The van der Waals surface area contributed by atoms with Crippen LogP contribution >= 0.6 is 0 Å². The molecule has 2 N–H and O–H groups in total. The third-order valence-corrected chi connectivity index (χ3v) is 6.86. The summed E-state index contributed by atoms with van der Waals surface area (Å²) in [6, 6.07) is 7.42. The van der Waals surface area contributed by atoms with Gasteiger partial charge in [-0.25, -0.2) is 8.42 Å². The number of aryl methyl sites for hydroxylation is 1. The first-order chi connectivity index (χ1) is 14.4. The molecule has 3 aromatic rings. The van der Waals surface area contributed by atoms with Gasteiger partial charge >= 0.3 is 0 Å². The first-order valence-corrected chi connectivity index (χ1v) is 11.2. The second kappa shape index (κ2) is 9.23. The highest BCUT2D eigenvalue weighted by Crippen LogP contribution is 2.22. The van der Waals surface area contributed by atoms with Crippen LogP contribution in [0, 0.1) is 0 Å². The monoisotopic (exact) mass is 431 g/mol. The Morgan fingerprint density at radius 3 is 2.67 bits per heavy atom. The molecular formula is C20H25N5O4S. The molecule has 1 amide bonds.